The number of nitrogens with zero attached hydrogens (tertiary/aromatic N) is 1. The summed E-state index contributed by atoms with van der Waals surface area (Å²) in [4.78, 5) is 14.7. The number of nitrogens with one attached hydrogen (secondary N) is 1. The lowest BCUT2D eigenvalue weighted by atomic mass is 9.90. The standard InChI is InChI=1S/C29H31FN2O4S/c1-19-8-10-23(11-9-19)28(22-6-4-3-5-7-22)32-16-20(17-32)18-36-27-15-26(30)25(14-24(27)21-12-13-21)29(33)31-37(2,34)35/h3-11,14-15,20-21,28H,12-13,16-18H2,1-2H3,(H,31,33). The Balaban J connectivity index is 1.27. The zero-order chi connectivity index (χ0) is 26.2. The molecule has 3 aromatic carbocycles. The average Bonchev–Trinajstić information content (AvgIpc) is 3.66. The zero-order valence-corrected chi connectivity index (χ0v) is 21.8. The van der Waals surface area contributed by atoms with Crippen LogP contribution in [0.1, 0.15) is 57.4 Å². The first-order valence-corrected chi connectivity index (χ1v) is 14.4. The molecule has 5 rings (SSSR count). The van der Waals surface area contributed by atoms with Gasteiger partial charge in [-0.25, -0.2) is 17.5 Å². The molecule has 37 heavy (non-hydrogen) atoms. The van der Waals surface area contributed by atoms with Crippen LogP contribution in [0.5, 0.6) is 5.75 Å². The summed E-state index contributed by atoms with van der Waals surface area (Å²) in [7, 11) is -3.79. The Kier molecular flexibility index (Phi) is 7.05. The maximum Gasteiger partial charge on any atom is 0.267 e. The molecule has 1 amide bonds. The number of amides is 1. The van der Waals surface area contributed by atoms with Gasteiger partial charge in [-0.05, 0) is 48.4 Å². The van der Waals surface area contributed by atoms with Gasteiger partial charge in [0.05, 0.1) is 24.5 Å². The van der Waals surface area contributed by atoms with Crippen molar-refractivity contribution >= 4 is 15.9 Å². The monoisotopic (exact) mass is 522 g/mol. The van der Waals surface area contributed by atoms with Gasteiger partial charge in [0.1, 0.15) is 11.6 Å². The number of carbonyl (C=O) groups excluding carboxylic acids is 1. The number of ether oxygens (including phenoxy) is 1. The first kappa shape index (κ1) is 25.4. The fourth-order valence-electron chi connectivity index (χ4n) is 4.94. The molecule has 1 atom stereocenters. The lowest BCUT2D eigenvalue weighted by Gasteiger charge is -2.44. The van der Waals surface area contributed by atoms with E-state index in [-0.39, 0.29) is 17.5 Å². The number of carbonyl (C=O) groups is 1. The molecule has 0 spiro atoms. The van der Waals surface area contributed by atoms with Crippen molar-refractivity contribution in [2.24, 2.45) is 5.92 Å². The van der Waals surface area contributed by atoms with Gasteiger partial charge >= 0.3 is 0 Å². The molecule has 3 aromatic rings. The molecule has 8 heteroatoms. The SMILES string of the molecule is Cc1ccc(C(c2ccccc2)N2CC(COc3cc(F)c(C(=O)NS(C)(=O)=O)cc3C3CC3)C2)cc1. The van der Waals surface area contributed by atoms with Gasteiger partial charge in [-0.1, -0.05) is 60.2 Å². The molecule has 2 aliphatic rings. The normalized spacial score (nSPS) is 17.2. The first-order valence-electron chi connectivity index (χ1n) is 12.5. The van der Waals surface area contributed by atoms with Crippen LogP contribution in [0.4, 0.5) is 4.39 Å². The molecular weight excluding hydrogens is 491 g/mol. The minimum absolute atomic E-state index is 0.158. The summed E-state index contributed by atoms with van der Waals surface area (Å²) in [6.45, 7) is 4.23. The quantitative estimate of drug-likeness (QED) is 0.437. The molecule has 1 saturated heterocycles. The molecule has 0 aromatic heterocycles. The van der Waals surface area contributed by atoms with E-state index in [9.17, 15) is 17.6 Å². The summed E-state index contributed by atoms with van der Waals surface area (Å²) in [5.74, 6) is -0.833. The van der Waals surface area contributed by atoms with E-state index < -0.39 is 21.7 Å². The predicted octanol–water partition coefficient (Wildman–Crippen LogP) is 4.80. The highest BCUT2D eigenvalue weighted by Gasteiger charge is 2.35. The molecule has 1 aliphatic carbocycles. The van der Waals surface area contributed by atoms with Crippen LogP contribution in [-0.2, 0) is 10.0 Å². The fraction of sp³-hybridized carbons (Fsp3) is 0.345. The number of likely N-dealkylation sites (tertiary alicyclic amines) is 1. The summed E-state index contributed by atoms with van der Waals surface area (Å²) >= 11 is 0. The van der Waals surface area contributed by atoms with E-state index in [0.29, 0.717) is 18.3 Å². The number of rotatable bonds is 9. The van der Waals surface area contributed by atoms with E-state index in [1.54, 1.807) is 0 Å². The molecule has 0 bridgehead atoms. The highest BCUT2D eigenvalue weighted by Crippen LogP contribution is 2.45. The number of sulfonamides is 1. The highest BCUT2D eigenvalue weighted by molar-refractivity contribution is 7.89. The number of aryl methyl sites for hydroxylation is 1. The van der Waals surface area contributed by atoms with E-state index >= 15 is 0 Å². The van der Waals surface area contributed by atoms with Crippen LogP contribution >= 0.6 is 0 Å². The second-order valence-electron chi connectivity index (χ2n) is 10.2. The van der Waals surface area contributed by atoms with Crippen LogP contribution in [0.2, 0.25) is 0 Å². The molecule has 1 heterocycles. The van der Waals surface area contributed by atoms with Gasteiger partial charge in [0.15, 0.2) is 0 Å². The molecule has 1 N–H and O–H groups in total. The molecule has 6 nitrogen and oxygen atoms in total. The first-order chi connectivity index (χ1) is 17.7. The summed E-state index contributed by atoms with van der Waals surface area (Å²) in [6, 6.07) is 21.9. The third kappa shape index (κ3) is 6.02. The Bertz CT molecular complexity index is 1380. The number of benzene rings is 3. The molecule has 1 saturated carbocycles. The van der Waals surface area contributed by atoms with Crippen molar-refractivity contribution in [3.63, 3.8) is 0 Å². The Morgan fingerprint density at radius 2 is 1.70 bits per heavy atom. The summed E-state index contributed by atoms with van der Waals surface area (Å²) in [5, 5.41) is 0. The van der Waals surface area contributed by atoms with E-state index in [0.717, 1.165) is 37.8 Å². The second kappa shape index (κ2) is 10.3. The highest BCUT2D eigenvalue weighted by atomic mass is 32.2. The minimum atomic E-state index is -3.79. The van der Waals surface area contributed by atoms with Gasteiger partial charge in [-0.15, -0.1) is 0 Å². The van der Waals surface area contributed by atoms with Gasteiger partial charge in [0.2, 0.25) is 10.0 Å². The smallest absolute Gasteiger partial charge is 0.267 e. The van der Waals surface area contributed by atoms with Gasteiger partial charge in [-0.3, -0.25) is 9.69 Å². The van der Waals surface area contributed by atoms with Crippen molar-refractivity contribution in [1.29, 1.82) is 0 Å². The van der Waals surface area contributed by atoms with E-state index in [2.05, 4.69) is 60.4 Å². The number of hydrogen-bond donors (Lipinski definition) is 1. The van der Waals surface area contributed by atoms with Crippen LogP contribution in [0.25, 0.3) is 0 Å². The van der Waals surface area contributed by atoms with Crippen LogP contribution in [0.3, 0.4) is 0 Å². The average molecular weight is 523 g/mol. The Hall–Kier alpha value is -3.23. The van der Waals surface area contributed by atoms with Gasteiger partial charge in [0.25, 0.3) is 5.91 Å². The van der Waals surface area contributed by atoms with E-state index in [4.69, 9.17) is 4.74 Å². The van der Waals surface area contributed by atoms with Crippen molar-refractivity contribution in [1.82, 2.24) is 9.62 Å². The summed E-state index contributed by atoms with van der Waals surface area (Å²) in [5.41, 5.74) is 4.20. The molecule has 2 fully saturated rings. The van der Waals surface area contributed by atoms with E-state index in [1.807, 2.05) is 10.8 Å². The maximum atomic E-state index is 14.8. The van der Waals surface area contributed by atoms with Gasteiger partial charge < -0.3 is 4.74 Å². The minimum Gasteiger partial charge on any atom is -0.493 e. The Morgan fingerprint density at radius 3 is 2.32 bits per heavy atom. The third-order valence-electron chi connectivity index (χ3n) is 6.97. The topological polar surface area (TPSA) is 75.7 Å². The van der Waals surface area contributed by atoms with Gasteiger partial charge in [0, 0.05) is 25.1 Å². The van der Waals surface area contributed by atoms with E-state index in [1.165, 1.54) is 28.8 Å². The number of hydrogen-bond acceptors (Lipinski definition) is 5. The molecular formula is C29H31FN2O4S. The van der Waals surface area contributed by atoms with Crippen LogP contribution in [0.15, 0.2) is 66.7 Å². The summed E-state index contributed by atoms with van der Waals surface area (Å²) < 4.78 is 45.6. The largest absolute Gasteiger partial charge is 0.493 e. The Morgan fingerprint density at radius 1 is 1.05 bits per heavy atom. The van der Waals surface area contributed by atoms with Crippen molar-refractivity contribution < 1.29 is 22.3 Å². The van der Waals surface area contributed by atoms with Crippen LogP contribution in [0, 0.1) is 18.7 Å². The molecule has 1 unspecified atom stereocenters. The number of halogens is 1. The van der Waals surface area contributed by atoms with Crippen molar-refractivity contribution in [3.8, 4) is 5.75 Å². The molecule has 0 radical (unpaired) electrons. The van der Waals surface area contributed by atoms with Gasteiger partial charge in [-0.2, -0.15) is 0 Å². The predicted molar refractivity (Wildman–Crippen MR) is 141 cm³/mol. The van der Waals surface area contributed by atoms with Crippen LogP contribution in [-0.4, -0.2) is 45.2 Å². The fourth-order valence-corrected chi connectivity index (χ4v) is 5.39. The second-order valence-corrected chi connectivity index (χ2v) is 12.0. The van der Waals surface area contributed by atoms with Crippen molar-refractivity contribution in [2.75, 3.05) is 26.0 Å². The zero-order valence-electron chi connectivity index (χ0n) is 21.0. The molecule has 194 valence electrons. The van der Waals surface area contributed by atoms with Crippen molar-refractivity contribution in [2.45, 2.75) is 31.7 Å². The van der Waals surface area contributed by atoms with Crippen molar-refractivity contribution in [3.05, 3.63) is 100 Å². The third-order valence-corrected chi connectivity index (χ3v) is 7.53. The molecule has 1 aliphatic heterocycles. The lowest BCUT2D eigenvalue weighted by Crippen LogP contribution is -2.51. The summed E-state index contributed by atoms with van der Waals surface area (Å²) in [6.07, 6.45) is 2.73. The van der Waals surface area contributed by atoms with Crippen LogP contribution < -0.4 is 9.46 Å². The Labute approximate surface area is 217 Å². The lowest BCUT2D eigenvalue weighted by molar-refractivity contribution is 0.0375. The maximum absolute atomic E-state index is 14.8.